The molecule has 1 atom stereocenters. The number of nitrogens with zero attached hydrogens (tertiary/aromatic N) is 4. The number of anilines is 1. The van der Waals surface area contributed by atoms with E-state index in [1.54, 1.807) is 6.20 Å². The summed E-state index contributed by atoms with van der Waals surface area (Å²) in [5.74, 6) is 0.708. The van der Waals surface area contributed by atoms with Crippen molar-refractivity contribution < 1.29 is 0 Å². The van der Waals surface area contributed by atoms with Gasteiger partial charge in [-0.15, -0.1) is 0 Å². The Morgan fingerprint density at radius 3 is 3.00 bits per heavy atom. The van der Waals surface area contributed by atoms with Crippen molar-refractivity contribution in [1.82, 2.24) is 14.9 Å². The summed E-state index contributed by atoms with van der Waals surface area (Å²) in [5.41, 5.74) is 0. The number of aromatic nitrogens is 2. The Balaban J connectivity index is 2.07. The molecule has 1 fully saturated rings. The van der Waals surface area contributed by atoms with Gasteiger partial charge in [0.05, 0.1) is 6.20 Å². The van der Waals surface area contributed by atoms with Crippen LogP contribution >= 0.6 is 23.2 Å². The first-order valence-corrected chi connectivity index (χ1v) is 7.00. The molecule has 0 saturated carbocycles. The first-order valence-electron chi connectivity index (χ1n) is 6.25. The van der Waals surface area contributed by atoms with Crippen molar-refractivity contribution in [3.63, 3.8) is 0 Å². The van der Waals surface area contributed by atoms with E-state index < -0.39 is 0 Å². The minimum Gasteiger partial charge on any atom is -0.357 e. The second-order valence-electron chi connectivity index (χ2n) is 4.62. The molecule has 100 valence electrons. The molecule has 1 aromatic rings. The topological polar surface area (TPSA) is 32.3 Å². The monoisotopic (exact) mass is 288 g/mol. The van der Waals surface area contributed by atoms with E-state index in [9.17, 15) is 0 Å². The van der Waals surface area contributed by atoms with Crippen LogP contribution in [0.15, 0.2) is 6.20 Å². The van der Waals surface area contributed by atoms with Gasteiger partial charge < -0.3 is 4.90 Å². The number of hydrogen-bond acceptors (Lipinski definition) is 4. The van der Waals surface area contributed by atoms with Crippen LogP contribution in [0.1, 0.15) is 19.8 Å². The Labute approximate surface area is 118 Å². The van der Waals surface area contributed by atoms with Gasteiger partial charge in [0.15, 0.2) is 5.82 Å². The molecule has 0 aliphatic carbocycles. The van der Waals surface area contributed by atoms with Gasteiger partial charge in [-0.25, -0.2) is 4.98 Å². The van der Waals surface area contributed by atoms with E-state index in [1.807, 2.05) is 7.05 Å². The minimum atomic E-state index is 0.236. The molecule has 2 heterocycles. The van der Waals surface area contributed by atoms with Crippen molar-refractivity contribution in [1.29, 1.82) is 0 Å². The summed E-state index contributed by atoms with van der Waals surface area (Å²) < 4.78 is 0. The van der Waals surface area contributed by atoms with Crippen LogP contribution in [0, 0.1) is 0 Å². The van der Waals surface area contributed by atoms with Crippen LogP contribution in [0.3, 0.4) is 0 Å². The van der Waals surface area contributed by atoms with Crippen molar-refractivity contribution in [3.05, 3.63) is 16.5 Å². The lowest BCUT2D eigenvalue weighted by molar-refractivity contribution is 0.270. The summed E-state index contributed by atoms with van der Waals surface area (Å²) >= 11 is 11.9. The van der Waals surface area contributed by atoms with Gasteiger partial charge in [0.25, 0.3) is 0 Å². The summed E-state index contributed by atoms with van der Waals surface area (Å²) in [6.45, 7) is 5.40. The second kappa shape index (κ2) is 6.04. The predicted octanol–water partition coefficient (Wildman–Crippen LogP) is 2.70. The highest BCUT2D eigenvalue weighted by Crippen LogP contribution is 2.25. The number of halogens is 2. The number of likely N-dealkylation sites (tertiary alicyclic amines) is 1. The first-order chi connectivity index (χ1) is 8.61. The van der Waals surface area contributed by atoms with E-state index >= 15 is 0 Å². The highest BCUT2D eigenvalue weighted by molar-refractivity contribution is 6.33. The molecule has 0 N–H and O–H groups in total. The van der Waals surface area contributed by atoms with Gasteiger partial charge in [-0.1, -0.05) is 18.5 Å². The quantitative estimate of drug-likeness (QED) is 0.798. The van der Waals surface area contributed by atoms with Gasteiger partial charge >= 0.3 is 0 Å². The lowest BCUT2D eigenvalue weighted by Crippen LogP contribution is -2.39. The maximum atomic E-state index is 6.11. The molecule has 4 nitrogen and oxygen atoms in total. The molecular weight excluding hydrogens is 271 g/mol. The molecule has 1 aliphatic rings. The fourth-order valence-electron chi connectivity index (χ4n) is 2.53. The van der Waals surface area contributed by atoms with E-state index in [1.165, 1.54) is 19.4 Å². The molecule has 0 aromatic carbocycles. The zero-order valence-corrected chi connectivity index (χ0v) is 12.2. The lowest BCUT2D eigenvalue weighted by Gasteiger charge is -2.28. The highest BCUT2D eigenvalue weighted by atomic mass is 35.5. The highest BCUT2D eigenvalue weighted by Gasteiger charge is 2.25. The van der Waals surface area contributed by atoms with Crippen LogP contribution in [-0.4, -0.2) is 47.6 Å². The Morgan fingerprint density at radius 1 is 1.50 bits per heavy atom. The zero-order chi connectivity index (χ0) is 13.1. The molecule has 0 radical (unpaired) electrons. The normalized spacial score (nSPS) is 20.3. The molecule has 0 spiro atoms. The van der Waals surface area contributed by atoms with Gasteiger partial charge in [0.1, 0.15) is 5.02 Å². The summed E-state index contributed by atoms with van der Waals surface area (Å²) in [4.78, 5) is 12.6. The van der Waals surface area contributed by atoms with Crippen LogP contribution in [-0.2, 0) is 0 Å². The van der Waals surface area contributed by atoms with Crippen molar-refractivity contribution in [2.75, 3.05) is 31.6 Å². The first kappa shape index (κ1) is 13.8. The molecule has 2 rings (SSSR count). The predicted molar refractivity (Wildman–Crippen MR) is 75.6 cm³/mol. The smallest absolute Gasteiger partial charge is 0.224 e. The van der Waals surface area contributed by atoms with E-state index in [2.05, 4.69) is 26.7 Å². The van der Waals surface area contributed by atoms with E-state index in [4.69, 9.17) is 23.2 Å². The second-order valence-corrected chi connectivity index (χ2v) is 5.36. The molecule has 6 heteroatoms. The molecule has 0 amide bonds. The third-order valence-electron chi connectivity index (χ3n) is 3.45. The summed E-state index contributed by atoms with van der Waals surface area (Å²) in [5, 5.41) is 0.781. The molecular formula is C12H18Cl2N4. The molecule has 1 unspecified atom stereocenters. The minimum absolute atomic E-state index is 0.236. The van der Waals surface area contributed by atoms with Crippen LogP contribution in [0.25, 0.3) is 0 Å². The average molecular weight is 289 g/mol. The fourth-order valence-corrected chi connectivity index (χ4v) is 2.89. The van der Waals surface area contributed by atoms with Crippen LogP contribution in [0.4, 0.5) is 5.82 Å². The number of rotatable bonds is 4. The summed E-state index contributed by atoms with van der Waals surface area (Å²) in [6, 6.07) is 0.574. The number of hydrogen-bond donors (Lipinski definition) is 0. The van der Waals surface area contributed by atoms with Crippen LogP contribution < -0.4 is 4.90 Å². The third kappa shape index (κ3) is 3.05. The molecule has 1 aliphatic heterocycles. The van der Waals surface area contributed by atoms with E-state index in [0.29, 0.717) is 16.9 Å². The van der Waals surface area contributed by atoms with Crippen molar-refractivity contribution >= 4 is 29.0 Å². The van der Waals surface area contributed by atoms with Gasteiger partial charge in [0, 0.05) is 19.6 Å². The Kier molecular flexibility index (Phi) is 4.65. The maximum Gasteiger partial charge on any atom is 0.224 e. The standard InChI is InChI=1S/C12H18Cl2N4/c1-3-18-6-4-5-9(18)8-17(2)11-10(13)7-15-12(14)16-11/h7,9H,3-6,8H2,1-2H3. The SMILES string of the molecule is CCN1CCCC1CN(C)c1nc(Cl)ncc1Cl. The molecule has 0 bridgehead atoms. The number of likely N-dealkylation sites (N-methyl/N-ethyl adjacent to an activating group) is 2. The molecule has 18 heavy (non-hydrogen) atoms. The van der Waals surface area contributed by atoms with Gasteiger partial charge in [-0.3, -0.25) is 4.90 Å². The van der Waals surface area contributed by atoms with Crippen LogP contribution in [0.5, 0.6) is 0 Å². The lowest BCUT2D eigenvalue weighted by atomic mass is 10.2. The summed E-state index contributed by atoms with van der Waals surface area (Å²) in [6.07, 6.45) is 4.05. The van der Waals surface area contributed by atoms with Crippen molar-refractivity contribution in [2.45, 2.75) is 25.8 Å². The third-order valence-corrected chi connectivity index (χ3v) is 3.90. The Hall–Kier alpha value is -0.580. The zero-order valence-electron chi connectivity index (χ0n) is 10.7. The Bertz CT molecular complexity index is 413. The molecule has 1 aromatic heterocycles. The van der Waals surface area contributed by atoms with E-state index in [-0.39, 0.29) is 5.28 Å². The maximum absolute atomic E-state index is 6.11. The van der Waals surface area contributed by atoms with Crippen molar-refractivity contribution in [3.8, 4) is 0 Å². The summed E-state index contributed by atoms with van der Waals surface area (Å²) in [7, 11) is 2.00. The average Bonchev–Trinajstić information content (AvgIpc) is 2.79. The van der Waals surface area contributed by atoms with Crippen molar-refractivity contribution in [2.24, 2.45) is 0 Å². The van der Waals surface area contributed by atoms with E-state index in [0.717, 1.165) is 13.1 Å². The van der Waals surface area contributed by atoms with Gasteiger partial charge in [-0.05, 0) is 37.5 Å². The largest absolute Gasteiger partial charge is 0.357 e. The van der Waals surface area contributed by atoms with Crippen LogP contribution in [0.2, 0.25) is 10.3 Å². The Morgan fingerprint density at radius 2 is 2.28 bits per heavy atom. The molecule has 1 saturated heterocycles. The van der Waals surface area contributed by atoms with Gasteiger partial charge in [0.2, 0.25) is 5.28 Å². The van der Waals surface area contributed by atoms with Gasteiger partial charge in [-0.2, -0.15) is 4.98 Å². The fraction of sp³-hybridized carbons (Fsp3) is 0.667.